The van der Waals surface area contributed by atoms with Gasteiger partial charge in [-0.1, -0.05) is 12.1 Å². The number of rotatable bonds is 5. The second-order valence-electron chi connectivity index (χ2n) is 8.65. The van der Waals surface area contributed by atoms with Crippen LogP contribution < -0.4 is 10.2 Å². The second-order valence-corrected chi connectivity index (χ2v) is 8.65. The lowest BCUT2D eigenvalue weighted by atomic mass is 9.74. The number of nitrogens with zero attached hydrogens (tertiary/aromatic N) is 2. The molecule has 0 unspecified atom stereocenters. The fourth-order valence-electron chi connectivity index (χ4n) is 4.56. The lowest BCUT2D eigenvalue weighted by Gasteiger charge is -2.38. The van der Waals surface area contributed by atoms with Crippen LogP contribution in [-0.4, -0.2) is 55.9 Å². The quantitative estimate of drug-likeness (QED) is 0.793. The smallest absolute Gasteiger partial charge is 0.252 e. The number of hydrogen-bond acceptors (Lipinski definition) is 5. The molecule has 166 valence electrons. The Balaban J connectivity index is 1.43. The first-order valence-electron chi connectivity index (χ1n) is 10.9. The van der Waals surface area contributed by atoms with Crippen LogP contribution in [0.15, 0.2) is 42.6 Å². The highest BCUT2D eigenvalue weighted by atomic mass is 19.1. The molecule has 3 heterocycles. The van der Waals surface area contributed by atoms with Gasteiger partial charge in [0.2, 0.25) is 0 Å². The van der Waals surface area contributed by atoms with Crippen LogP contribution in [0.1, 0.15) is 42.6 Å². The van der Waals surface area contributed by atoms with Crippen molar-refractivity contribution in [1.29, 1.82) is 0 Å². The van der Waals surface area contributed by atoms with Gasteiger partial charge in [0.05, 0.1) is 17.8 Å². The van der Waals surface area contributed by atoms with Gasteiger partial charge in [0.1, 0.15) is 11.6 Å². The van der Waals surface area contributed by atoms with Crippen LogP contribution in [0.3, 0.4) is 0 Å². The van der Waals surface area contributed by atoms with Crippen LogP contribution in [0.25, 0.3) is 0 Å². The van der Waals surface area contributed by atoms with Crippen molar-refractivity contribution in [2.45, 2.75) is 44.3 Å². The fourth-order valence-corrected chi connectivity index (χ4v) is 4.56. The molecule has 1 amide bonds. The van der Waals surface area contributed by atoms with E-state index in [0.717, 1.165) is 37.3 Å². The molecule has 6 nitrogen and oxygen atoms in total. The van der Waals surface area contributed by atoms with Gasteiger partial charge in [-0.3, -0.25) is 4.79 Å². The number of amides is 1. The summed E-state index contributed by atoms with van der Waals surface area (Å²) in [6.07, 6.45) is 3.49. The highest BCUT2D eigenvalue weighted by molar-refractivity contribution is 5.94. The average Bonchev–Trinajstić information content (AvgIpc) is 2.78. The van der Waals surface area contributed by atoms with E-state index < -0.39 is 0 Å². The number of pyridine rings is 1. The fraction of sp³-hybridized carbons (Fsp3) is 0.500. The Kier molecular flexibility index (Phi) is 6.53. The van der Waals surface area contributed by atoms with Crippen molar-refractivity contribution >= 4 is 11.7 Å². The molecule has 7 heteroatoms. The predicted octanol–water partition coefficient (Wildman–Crippen LogP) is 3.31. The first-order valence-corrected chi connectivity index (χ1v) is 10.9. The predicted molar refractivity (Wildman–Crippen MR) is 117 cm³/mol. The maximum atomic E-state index is 13.4. The van der Waals surface area contributed by atoms with Gasteiger partial charge >= 0.3 is 0 Å². The summed E-state index contributed by atoms with van der Waals surface area (Å²) in [5.74, 6) is 0.437. The van der Waals surface area contributed by atoms with Crippen LogP contribution in [0, 0.1) is 5.82 Å². The van der Waals surface area contributed by atoms with E-state index in [0.29, 0.717) is 25.3 Å². The third kappa shape index (κ3) is 5.05. The zero-order chi connectivity index (χ0) is 21.8. The van der Waals surface area contributed by atoms with Crippen molar-refractivity contribution in [3.8, 4) is 0 Å². The molecule has 1 aromatic heterocycles. The monoisotopic (exact) mass is 427 g/mol. The minimum Gasteiger partial charge on any atom is -0.381 e. The number of ether oxygens (including phenoxy) is 2. The average molecular weight is 428 g/mol. The lowest BCUT2D eigenvalue weighted by molar-refractivity contribution is -0.00546. The van der Waals surface area contributed by atoms with Crippen molar-refractivity contribution < 1.29 is 18.7 Å². The molecule has 4 rings (SSSR count). The number of anilines is 1. The van der Waals surface area contributed by atoms with Crippen molar-refractivity contribution in [3.63, 3.8) is 0 Å². The topological polar surface area (TPSA) is 63.7 Å². The molecule has 2 aliphatic heterocycles. The third-order valence-corrected chi connectivity index (χ3v) is 6.25. The highest BCUT2D eigenvalue weighted by Gasteiger charge is 2.35. The number of morpholine rings is 1. The number of hydrogen-bond donors (Lipinski definition) is 1. The van der Waals surface area contributed by atoms with Crippen LogP contribution in [0.4, 0.5) is 10.2 Å². The molecule has 31 heavy (non-hydrogen) atoms. The molecular weight excluding hydrogens is 397 g/mol. The molecule has 2 fully saturated rings. The van der Waals surface area contributed by atoms with Crippen molar-refractivity contribution in [1.82, 2.24) is 10.3 Å². The van der Waals surface area contributed by atoms with Crippen LogP contribution in [-0.2, 0) is 14.9 Å². The Morgan fingerprint density at radius 1 is 1.13 bits per heavy atom. The molecular formula is C24H30FN3O3. The summed E-state index contributed by atoms with van der Waals surface area (Å²) in [5, 5.41) is 3.07. The normalized spacial score (nSPS) is 23.4. The highest BCUT2D eigenvalue weighted by Crippen LogP contribution is 2.34. The number of halogens is 1. The zero-order valence-electron chi connectivity index (χ0n) is 18.1. The van der Waals surface area contributed by atoms with Gasteiger partial charge in [0.25, 0.3) is 5.91 Å². The molecule has 0 spiro atoms. The molecule has 0 aliphatic carbocycles. The van der Waals surface area contributed by atoms with Gasteiger partial charge in [0.15, 0.2) is 0 Å². The minimum atomic E-state index is -0.259. The van der Waals surface area contributed by atoms with E-state index in [1.54, 1.807) is 6.20 Å². The van der Waals surface area contributed by atoms with Gasteiger partial charge in [0, 0.05) is 44.5 Å². The van der Waals surface area contributed by atoms with E-state index in [9.17, 15) is 9.18 Å². The second kappa shape index (κ2) is 9.32. The van der Waals surface area contributed by atoms with Crippen molar-refractivity contribution in [2.24, 2.45) is 0 Å². The first-order chi connectivity index (χ1) is 14.9. The van der Waals surface area contributed by atoms with Gasteiger partial charge in [-0.2, -0.15) is 0 Å². The van der Waals surface area contributed by atoms with Crippen molar-refractivity contribution in [3.05, 3.63) is 59.5 Å². The lowest BCUT2D eigenvalue weighted by Crippen LogP contribution is -2.46. The largest absolute Gasteiger partial charge is 0.381 e. The van der Waals surface area contributed by atoms with Crippen LogP contribution in [0.2, 0.25) is 0 Å². The maximum absolute atomic E-state index is 13.4. The molecule has 2 atom stereocenters. The van der Waals surface area contributed by atoms with Gasteiger partial charge < -0.3 is 19.7 Å². The Labute approximate surface area is 182 Å². The Morgan fingerprint density at radius 2 is 1.81 bits per heavy atom. The number of carbonyl (C=O) groups is 1. The van der Waals surface area contributed by atoms with E-state index in [1.165, 1.54) is 12.1 Å². The van der Waals surface area contributed by atoms with Gasteiger partial charge in [-0.25, -0.2) is 9.37 Å². The standard InChI is InChI=1S/C24H30FN3O3/c1-17-14-28(15-18(2)31-17)22-8-3-19(13-26-22)23(29)27-16-24(9-11-30-12-10-24)20-4-6-21(25)7-5-20/h3-8,13,17-18H,9-12,14-16H2,1-2H3,(H,27,29)/t17-,18-/m1/s1. The van der Waals surface area contributed by atoms with Crippen LogP contribution in [0.5, 0.6) is 0 Å². The van der Waals surface area contributed by atoms with E-state index in [1.807, 2.05) is 24.3 Å². The zero-order valence-corrected chi connectivity index (χ0v) is 18.1. The summed E-state index contributed by atoms with van der Waals surface area (Å²) in [7, 11) is 0. The summed E-state index contributed by atoms with van der Waals surface area (Å²) in [4.78, 5) is 19.5. The van der Waals surface area contributed by atoms with E-state index in [4.69, 9.17) is 9.47 Å². The molecule has 2 aliphatic rings. The minimum absolute atomic E-state index is 0.149. The number of nitrogens with one attached hydrogen (secondary N) is 1. The van der Waals surface area contributed by atoms with Gasteiger partial charge in [-0.05, 0) is 56.5 Å². The number of carbonyl (C=O) groups excluding carboxylic acids is 1. The molecule has 2 saturated heterocycles. The third-order valence-electron chi connectivity index (χ3n) is 6.25. The number of aromatic nitrogens is 1. The maximum Gasteiger partial charge on any atom is 0.252 e. The van der Waals surface area contributed by atoms with Crippen LogP contribution >= 0.6 is 0 Å². The summed E-state index contributed by atoms with van der Waals surface area (Å²) in [6.45, 7) is 7.40. The Bertz CT molecular complexity index is 872. The van der Waals surface area contributed by atoms with Gasteiger partial charge in [-0.15, -0.1) is 0 Å². The molecule has 1 aromatic carbocycles. The Morgan fingerprint density at radius 3 is 2.42 bits per heavy atom. The molecule has 1 N–H and O–H groups in total. The van der Waals surface area contributed by atoms with E-state index in [-0.39, 0.29) is 29.3 Å². The SMILES string of the molecule is C[C@@H]1CN(c2ccc(C(=O)NCC3(c4ccc(F)cc4)CCOCC3)cn2)C[C@@H](C)O1. The molecule has 0 saturated carbocycles. The number of benzene rings is 1. The summed E-state index contributed by atoms with van der Waals surface area (Å²) >= 11 is 0. The summed E-state index contributed by atoms with van der Waals surface area (Å²) in [5.41, 5.74) is 1.30. The Hall–Kier alpha value is -2.51. The molecule has 0 bridgehead atoms. The summed E-state index contributed by atoms with van der Waals surface area (Å²) < 4.78 is 24.7. The first kappa shape index (κ1) is 21.7. The van der Waals surface area contributed by atoms with Crippen molar-refractivity contribution in [2.75, 3.05) is 37.7 Å². The van der Waals surface area contributed by atoms with E-state index >= 15 is 0 Å². The van der Waals surface area contributed by atoms with E-state index in [2.05, 4.69) is 29.0 Å². The summed E-state index contributed by atoms with van der Waals surface area (Å²) in [6, 6.07) is 10.3. The molecule has 0 radical (unpaired) electrons. The molecule has 2 aromatic rings.